The van der Waals surface area contributed by atoms with Gasteiger partial charge < -0.3 is 34.9 Å². The molecule has 0 saturated carbocycles. The number of nitrogens with zero attached hydrogens (tertiary/aromatic N) is 3. The van der Waals surface area contributed by atoms with Crippen LogP contribution in [0, 0.1) is 6.92 Å². The number of aliphatic hydroxyl groups is 1. The number of fused-ring (bicyclic) bond motifs is 2. The van der Waals surface area contributed by atoms with Crippen molar-refractivity contribution in [3.8, 4) is 17.1 Å². The summed E-state index contributed by atoms with van der Waals surface area (Å²) in [6.07, 6.45) is 2.64. The number of rotatable bonds is 8. The quantitative estimate of drug-likeness (QED) is 0.251. The van der Waals surface area contributed by atoms with E-state index >= 15 is 0 Å². The van der Waals surface area contributed by atoms with Crippen LogP contribution in [0.1, 0.15) is 34.3 Å². The van der Waals surface area contributed by atoms with Gasteiger partial charge in [-0.2, -0.15) is 0 Å². The van der Waals surface area contributed by atoms with E-state index in [-0.39, 0.29) is 30.7 Å². The number of hydrogen-bond donors (Lipinski definition) is 4. The van der Waals surface area contributed by atoms with Crippen molar-refractivity contribution < 1.29 is 14.6 Å². The predicted molar refractivity (Wildman–Crippen MR) is 159 cm³/mol. The Hall–Kier alpha value is -3.86. The number of halogens is 1. The number of anilines is 1. The van der Waals surface area contributed by atoms with Gasteiger partial charge in [0.05, 0.1) is 16.7 Å². The topological polar surface area (TPSA) is 127 Å². The van der Waals surface area contributed by atoms with Gasteiger partial charge >= 0.3 is 0 Å². The number of pyridine rings is 1. The Morgan fingerprint density at radius 3 is 2.83 bits per heavy atom. The second-order valence-corrected chi connectivity index (χ2v) is 11.3. The minimum atomic E-state index is -0.849. The average molecular weight is 577 g/mol. The number of likely N-dealkylation sites (tertiary alicyclic amines) is 1. The lowest BCUT2D eigenvalue weighted by atomic mass is 10.0. The predicted octanol–water partition coefficient (Wildman–Crippen LogP) is 3.78. The van der Waals surface area contributed by atoms with Crippen LogP contribution in [0.2, 0.25) is 5.02 Å². The minimum Gasteiger partial charge on any atom is -0.490 e. The van der Waals surface area contributed by atoms with E-state index in [1.165, 1.54) is 0 Å². The zero-order valence-electron chi connectivity index (χ0n) is 23.0. The summed E-state index contributed by atoms with van der Waals surface area (Å²) in [4.78, 5) is 41.2. The molecule has 0 aliphatic carbocycles. The standard InChI is InChI=1S/C30H33ClN6O4/c1-17-22(31)4-3-5-26(17)41-16-20(38)14-33-23-6-9-32-29(39)27(23)28-34-24-12-18-15-37(19-7-10-36(2)11-8-19)30(40)21(18)13-25(24)35-28/h3-6,9,12-13,19-20,38H,7-8,10-11,14-16H2,1-2H3,(H,34,35)(H2,32,33,39)/t20-/m1/s1. The van der Waals surface area contributed by atoms with Crippen molar-refractivity contribution in [1.29, 1.82) is 0 Å². The fourth-order valence-electron chi connectivity index (χ4n) is 5.64. The lowest BCUT2D eigenvalue weighted by Crippen LogP contribution is -2.43. The van der Waals surface area contributed by atoms with Crippen LogP contribution in [0.5, 0.6) is 5.75 Å². The Kier molecular flexibility index (Phi) is 7.46. The number of hydrogen-bond acceptors (Lipinski definition) is 7. The van der Waals surface area contributed by atoms with E-state index < -0.39 is 6.10 Å². The number of H-pyrrole nitrogens is 2. The summed E-state index contributed by atoms with van der Waals surface area (Å²) in [5.41, 5.74) is 4.34. The molecule has 11 heteroatoms. The zero-order valence-corrected chi connectivity index (χ0v) is 23.8. The molecule has 4 aromatic rings. The third-order valence-electron chi connectivity index (χ3n) is 8.04. The first-order chi connectivity index (χ1) is 19.8. The Morgan fingerprint density at radius 2 is 2.02 bits per heavy atom. The molecule has 0 unspecified atom stereocenters. The zero-order chi connectivity index (χ0) is 28.7. The molecule has 1 amide bonds. The molecule has 214 valence electrons. The van der Waals surface area contributed by atoms with Gasteiger partial charge in [-0.25, -0.2) is 4.98 Å². The SMILES string of the molecule is Cc1c(Cl)cccc1OC[C@H](O)CNc1cc[nH]c(=O)c1-c1nc2cc3c(cc2[nH]1)CN(C1CCN(C)CC1)C3=O. The maximum Gasteiger partial charge on any atom is 0.261 e. The van der Waals surface area contributed by atoms with Gasteiger partial charge in [0.25, 0.3) is 11.5 Å². The highest BCUT2D eigenvalue weighted by atomic mass is 35.5. The molecule has 4 heterocycles. The van der Waals surface area contributed by atoms with Gasteiger partial charge in [0.1, 0.15) is 29.8 Å². The number of aromatic amines is 2. The van der Waals surface area contributed by atoms with Crippen molar-refractivity contribution in [2.75, 3.05) is 38.6 Å². The monoisotopic (exact) mass is 576 g/mol. The molecular weight excluding hydrogens is 544 g/mol. The molecule has 1 saturated heterocycles. The number of nitrogens with one attached hydrogen (secondary N) is 3. The lowest BCUT2D eigenvalue weighted by Gasteiger charge is -2.34. The largest absolute Gasteiger partial charge is 0.490 e. The van der Waals surface area contributed by atoms with Crippen molar-refractivity contribution in [2.45, 2.75) is 38.5 Å². The van der Waals surface area contributed by atoms with Crippen LogP contribution >= 0.6 is 11.6 Å². The molecule has 0 bridgehead atoms. The second kappa shape index (κ2) is 11.2. The molecule has 10 nitrogen and oxygen atoms in total. The van der Waals surface area contributed by atoms with Crippen LogP contribution in [0.4, 0.5) is 5.69 Å². The maximum absolute atomic E-state index is 13.3. The highest BCUT2D eigenvalue weighted by Crippen LogP contribution is 2.32. The van der Waals surface area contributed by atoms with Gasteiger partial charge in [0.2, 0.25) is 0 Å². The molecule has 41 heavy (non-hydrogen) atoms. The summed E-state index contributed by atoms with van der Waals surface area (Å²) in [6, 6.07) is 11.1. The highest BCUT2D eigenvalue weighted by molar-refractivity contribution is 6.31. The summed E-state index contributed by atoms with van der Waals surface area (Å²) in [6.45, 7) is 4.61. The Labute approximate surface area is 242 Å². The van der Waals surface area contributed by atoms with Gasteiger partial charge in [-0.05, 0) is 75.8 Å². The van der Waals surface area contributed by atoms with Gasteiger partial charge in [-0.3, -0.25) is 9.59 Å². The van der Waals surface area contributed by atoms with E-state index in [4.69, 9.17) is 21.3 Å². The molecule has 1 fully saturated rings. The summed E-state index contributed by atoms with van der Waals surface area (Å²) < 4.78 is 5.75. The molecule has 4 N–H and O–H groups in total. The first-order valence-corrected chi connectivity index (χ1v) is 14.2. The summed E-state index contributed by atoms with van der Waals surface area (Å²) in [7, 11) is 2.11. The van der Waals surface area contributed by atoms with E-state index in [0.29, 0.717) is 45.5 Å². The Morgan fingerprint density at radius 1 is 1.22 bits per heavy atom. The number of benzene rings is 2. The third-order valence-corrected chi connectivity index (χ3v) is 8.45. The number of carbonyl (C=O) groups is 1. The normalized spacial score (nSPS) is 16.8. The molecule has 2 aliphatic heterocycles. The van der Waals surface area contributed by atoms with Crippen molar-refractivity contribution in [3.05, 3.63) is 74.7 Å². The Bertz CT molecular complexity index is 1660. The van der Waals surface area contributed by atoms with Crippen molar-refractivity contribution in [3.63, 3.8) is 0 Å². The molecule has 2 aromatic heterocycles. The van der Waals surface area contributed by atoms with E-state index in [1.54, 1.807) is 30.5 Å². The number of aliphatic hydroxyl groups excluding tert-OH is 1. The first-order valence-electron chi connectivity index (χ1n) is 13.8. The maximum atomic E-state index is 13.3. The number of imidazole rings is 1. The van der Waals surface area contributed by atoms with E-state index in [1.807, 2.05) is 24.0 Å². The van der Waals surface area contributed by atoms with Crippen LogP contribution < -0.4 is 15.6 Å². The number of ether oxygens (including phenoxy) is 1. The van der Waals surface area contributed by atoms with Crippen molar-refractivity contribution in [1.82, 2.24) is 24.8 Å². The van der Waals surface area contributed by atoms with Crippen molar-refractivity contribution >= 4 is 34.2 Å². The summed E-state index contributed by atoms with van der Waals surface area (Å²) in [5, 5.41) is 14.3. The number of aromatic nitrogens is 3. The van der Waals surface area contributed by atoms with Gasteiger partial charge in [-0.1, -0.05) is 17.7 Å². The van der Waals surface area contributed by atoms with E-state index in [9.17, 15) is 14.7 Å². The number of amides is 1. The Balaban J connectivity index is 1.18. The lowest BCUT2D eigenvalue weighted by molar-refractivity contribution is 0.0617. The molecule has 2 aliphatic rings. The van der Waals surface area contributed by atoms with E-state index in [2.05, 4.69) is 27.2 Å². The molecule has 0 radical (unpaired) electrons. The number of piperidine rings is 1. The van der Waals surface area contributed by atoms with Gasteiger partial charge in [0, 0.05) is 41.5 Å². The van der Waals surface area contributed by atoms with Crippen LogP contribution in [0.15, 0.2) is 47.4 Å². The van der Waals surface area contributed by atoms with Crippen molar-refractivity contribution in [2.24, 2.45) is 0 Å². The smallest absolute Gasteiger partial charge is 0.261 e. The highest BCUT2D eigenvalue weighted by Gasteiger charge is 2.34. The average Bonchev–Trinajstić information content (AvgIpc) is 3.51. The fourth-order valence-corrected chi connectivity index (χ4v) is 5.81. The van der Waals surface area contributed by atoms with Crippen LogP contribution in [0.3, 0.4) is 0 Å². The van der Waals surface area contributed by atoms with Crippen LogP contribution in [0.25, 0.3) is 22.4 Å². The molecule has 0 spiro atoms. The van der Waals surface area contributed by atoms with E-state index in [0.717, 1.165) is 42.6 Å². The summed E-state index contributed by atoms with van der Waals surface area (Å²) in [5.74, 6) is 1.04. The minimum absolute atomic E-state index is 0.0464. The summed E-state index contributed by atoms with van der Waals surface area (Å²) >= 11 is 6.15. The second-order valence-electron chi connectivity index (χ2n) is 10.9. The fraction of sp³-hybridized carbons (Fsp3) is 0.367. The molecule has 6 rings (SSSR count). The first kappa shape index (κ1) is 27.3. The van der Waals surface area contributed by atoms with Gasteiger partial charge in [0.15, 0.2) is 0 Å². The number of carbonyl (C=O) groups excluding carboxylic acids is 1. The molecular formula is C30H33ClN6O4. The van der Waals surface area contributed by atoms with Gasteiger partial charge in [-0.15, -0.1) is 0 Å². The molecule has 2 aromatic carbocycles. The van der Waals surface area contributed by atoms with Crippen LogP contribution in [-0.2, 0) is 6.54 Å². The van der Waals surface area contributed by atoms with Crippen LogP contribution in [-0.4, -0.2) is 81.2 Å². The third kappa shape index (κ3) is 5.42. The molecule has 1 atom stereocenters.